The van der Waals surface area contributed by atoms with Gasteiger partial charge in [-0.15, -0.1) is 11.3 Å². The molecule has 0 spiro atoms. The van der Waals surface area contributed by atoms with Gasteiger partial charge in [0.05, 0.1) is 11.4 Å². The lowest BCUT2D eigenvalue weighted by Crippen LogP contribution is -2.43. The third kappa shape index (κ3) is 11.2. The summed E-state index contributed by atoms with van der Waals surface area (Å²) in [5, 5.41) is 16.9. The van der Waals surface area contributed by atoms with Crippen molar-refractivity contribution in [2.24, 2.45) is 9.36 Å². The van der Waals surface area contributed by atoms with Crippen LogP contribution in [0.3, 0.4) is 0 Å². The number of carbonyl (C=O) groups is 3. The van der Waals surface area contributed by atoms with Gasteiger partial charge >= 0.3 is 16.5 Å². The Kier molecular flexibility index (Phi) is 12.1. The molecular weight excluding hydrogens is 530 g/mol. The molecule has 4 N–H and O–H groups in total. The Balaban J connectivity index is 0.000000423. The molecule has 0 bridgehead atoms. The zero-order chi connectivity index (χ0) is 28.1. The molecule has 11 nitrogen and oxygen atoms in total. The molecule has 0 aliphatic carbocycles. The molecule has 0 saturated heterocycles. The Labute approximate surface area is 227 Å². The molecule has 2 aromatic rings. The molecular formula is C25H33N5O6S2. The normalized spacial score (nSPS) is 13.5. The van der Waals surface area contributed by atoms with E-state index in [4.69, 9.17) is 5.11 Å². The van der Waals surface area contributed by atoms with Gasteiger partial charge in [-0.25, -0.2) is 4.79 Å². The minimum absolute atomic E-state index is 0.191. The number of hydrogen-bond acceptors (Lipinski definition) is 9. The second kappa shape index (κ2) is 15.0. The van der Waals surface area contributed by atoms with Crippen LogP contribution in [-0.2, 0) is 31.9 Å². The Morgan fingerprint density at radius 2 is 1.87 bits per heavy atom. The van der Waals surface area contributed by atoms with Crippen molar-refractivity contribution in [2.75, 3.05) is 19.6 Å². The van der Waals surface area contributed by atoms with Crippen molar-refractivity contribution < 1.29 is 27.9 Å². The minimum Gasteiger partial charge on any atom is -0.480 e. The summed E-state index contributed by atoms with van der Waals surface area (Å²) in [5.41, 5.74) is 1.69. The molecule has 0 radical (unpaired) electrons. The maximum Gasteiger partial charge on any atom is 0.331 e. The first-order chi connectivity index (χ1) is 18.0. The molecule has 0 saturated carbocycles. The van der Waals surface area contributed by atoms with E-state index in [1.165, 1.54) is 16.9 Å². The van der Waals surface area contributed by atoms with E-state index in [1.54, 1.807) is 12.1 Å². The number of amides is 2. The lowest BCUT2D eigenvalue weighted by Gasteiger charge is -2.18. The van der Waals surface area contributed by atoms with Crippen LogP contribution in [0.2, 0.25) is 0 Å². The summed E-state index contributed by atoms with van der Waals surface area (Å²) in [4.78, 5) is 40.2. The van der Waals surface area contributed by atoms with Crippen molar-refractivity contribution >= 4 is 45.6 Å². The Morgan fingerprint density at radius 1 is 1.16 bits per heavy atom. The van der Waals surface area contributed by atoms with Gasteiger partial charge in [-0.3, -0.25) is 19.9 Å². The average molecular weight is 564 g/mol. The second-order valence-corrected chi connectivity index (χ2v) is 11.1. The van der Waals surface area contributed by atoms with Gasteiger partial charge in [0.2, 0.25) is 5.91 Å². The quantitative estimate of drug-likeness (QED) is 0.383. The lowest BCUT2D eigenvalue weighted by atomic mass is 9.87. The average Bonchev–Trinajstić information content (AvgIpc) is 3.35. The molecule has 206 valence electrons. The number of carboxylic acids is 1. The van der Waals surface area contributed by atoms with E-state index < -0.39 is 35.0 Å². The molecule has 38 heavy (non-hydrogen) atoms. The van der Waals surface area contributed by atoms with Crippen LogP contribution in [0.15, 0.2) is 51.8 Å². The molecule has 0 fully saturated rings. The summed E-state index contributed by atoms with van der Waals surface area (Å²) in [6.07, 6.45) is 1.58. The minimum atomic E-state index is -2.89. The van der Waals surface area contributed by atoms with Gasteiger partial charge in [-0.2, -0.15) is 12.8 Å². The highest BCUT2D eigenvalue weighted by Crippen LogP contribution is 2.20. The Hall–Kier alpha value is -3.58. The monoisotopic (exact) mass is 563 g/mol. The first-order valence-corrected chi connectivity index (χ1v) is 13.8. The molecule has 13 heteroatoms. The molecule has 0 unspecified atom stereocenters. The van der Waals surface area contributed by atoms with Crippen LogP contribution in [0.5, 0.6) is 0 Å². The lowest BCUT2D eigenvalue weighted by molar-refractivity contribution is -0.138. The standard InChI is InChI=1S/C15H19N5O6S2.C10H14/c21-12(19-15-16-6-1-7-17-15)5-3-9-2-4-11(27-9)13(22)18-8-10(14(23)24)20-28(25)26;1-10(2,3)9-7-5-4-6-8-9/h2,4,10H,1,3,5-8H2,(H,18,22)(H,23,24)(H2,16,17,19,21);4-8H,1-3H3/t10-;/m0./s1. The number of carbonyl (C=O) groups excluding carboxylic acids is 2. The molecule has 1 aromatic heterocycles. The number of thiophene rings is 1. The summed E-state index contributed by atoms with van der Waals surface area (Å²) in [6, 6.07) is 12.2. The zero-order valence-electron chi connectivity index (χ0n) is 21.6. The van der Waals surface area contributed by atoms with Crippen LogP contribution in [-0.4, -0.2) is 62.9 Å². The summed E-state index contributed by atoms with van der Waals surface area (Å²) >= 11 is 1.17. The fourth-order valence-electron chi connectivity index (χ4n) is 3.17. The fourth-order valence-corrected chi connectivity index (χ4v) is 4.47. The molecule has 3 rings (SSSR count). The number of rotatable bonds is 8. The number of nitrogens with zero attached hydrogens (tertiary/aromatic N) is 2. The third-order valence-corrected chi connectivity index (χ3v) is 6.80. The van der Waals surface area contributed by atoms with Crippen LogP contribution in [0, 0.1) is 0 Å². The second-order valence-electron chi connectivity index (χ2n) is 9.33. The highest BCUT2D eigenvalue weighted by Gasteiger charge is 2.19. The van der Waals surface area contributed by atoms with E-state index in [0.29, 0.717) is 29.2 Å². The van der Waals surface area contributed by atoms with Gasteiger partial charge in [0.15, 0.2) is 12.0 Å². The van der Waals surface area contributed by atoms with E-state index in [-0.39, 0.29) is 12.3 Å². The number of guanidine groups is 1. The van der Waals surface area contributed by atoms with Crippen LogP contribution in [0.1, 0.15) is 53.7 Å². The summed E-state index contributed by atoms with van der Waals surface area (Å²) in [7, 11) is -2.89. The molecule has 1 atom stereocenters. The fraction of sp³-hybridized carbons (Fsp3) is 0.440. The first-order valence-electron chi connectivity index (χ1n) is 12.0. The highest BCUT2D eigenvalue weighted by atomic mass is 32.2. The molecule has 1 aliphatic rings. The number of aliphatic imine (C=N–C) groups is 1. The maximum atomic E-state index is 12.1. The smallest absolute Gasteiger partial charge is 0.331 e. The number of carboxylic acid groups (broad SMARTS) is 1. The van der Waals surface area contributed by atoms with Gasteiger partial charge in [-0.05, 0) is 36.0 Å². The van der Waals surface area contributed by atoms with Crippen molar-refractivity contribution in [2.45, 2.75) is 51.5 Å². The SMILES string of the molecule is CC(C)(C)c1ccccc1.O=C(CCc1ccc(C(=O)NC[C@H](N=S(=O)=O)C(=O)O)s1)NC1=NCCCN1. The number of benzene rings is 1. The van der Waals surface area contributed by atoms with Crippen molar-refractivity contribution in [1.82, 2.24) is 16.0 Å². The number of nitrogens with one attached hydrogen (secondary N) is 3. The first kappa shape index (κ1) is 30.6. The number of aliphatic carboxylic acids is 1. The number of hydrogen-bond donors (Lipinski definition) is 4. The van der Waals surface area contributed by atoms with Crippen LogP contribution >= 0.6 is 11.3 Å². The predicted octanol–water partition coefficient (Wildman–Crippen LogP) is 2.38. The van der Waals surface area contributed by atoms with E-state index >= 15 is 0 Å². The summed E-state index contributed by atoms with van der Waals surface area (Å²) in [6.45, 7) is 7.66. The zero-order valence-corrected chi connectivity index (χ0v) is 23.2. The summed E-state index contributed by atoms with van der Waals surface area (Å²) < 4.78 is 24.0. The van der Waals surface area contributed by atoms with E-state index in [0.717, 1.165) is 17.8 Å². The Morgan fingerprint density at radius 3 is 2.42 bits per heavy atom. The van der Waals surface area contributed by atoms with Gasteiger partial charge in [0.1, 0.15) is 0 Å². The van der Waals surface area contributed by atoms with Gasteiger partial charge in [-0.1, -0.05) is 51.1 Å². The molecule has 1 aromatic carbocycles. The van der Waals surface area contributed by atoms with Crippen LogP contribution in [0.25, 0.3) is 0 Å². The van der Waals surface area contributed by atoms with E-state index in [9.17, 15) is 22.8 Å². The maximum absolute atomic E-state index is 12.1. The van der Waals surface area contributed by atoms with Gasteiger partial charge in [0, 0.05) is 24.4 Å². The van der Waals surface area contributed by atoms with Crippen LogP contribution in [0.4, 0.5) is 0 Å². The molecule has 1 aliphatic heterocycles. The number of aryl methyl sites for hydroxylation is 1. The Bertz CT molecular complexity index is 1260. The van der Waals surface area contributed by atoms with Crippen molar-refractivity contribution in [3.05, 3.63) is 57.8 Å². The van der Waals surface area contributed by atoms with Crippen molar-refractivity contribution in [3.63, 3.8) is 0 Å². The largest absolute Gasteiger partial charge is 0.480 e. The van der Waals surface area contributed by atoms with E-state index in [1.807, 2.05) is 0 Å². The molecule has 2 heterocycles. The van der Waals surface area contributed by atoms with E-state index in [2.05, 4.69) is 76.4 Å². The molecule has 2 amide bonds. The summed E-state index contributed by atoms with van der Waals surface area (Å²) in [5.74, 6) is -1.72. The predicted molar refractivity (Wildman–Crippen MR) is 146 cm³/mol. The highest BCUT2D eigenvalue weighted by molar-refractivity contribution is 7.61. The van der Waals surface area contributed by atoms with Gasteiger partial charge < -0.3 is 15.7 Å². The van der Waals surface area contributed by atoms with Crippen LogP contribution < -0.4 is 16.0 Å². The van der Waals surface area contributed by atoms with Crippen molar-refractivity contribution in [3.8, 4) is 0 Å². The topological polar surface area (TPSA) is 166 Å². The third-order valence-electron chi connectivity index (χ3n) is 5.23. The van der Waals surface area contributed by atoms with Gasteiger partial charge in [0.25, 0.3) is 5.91 Å². The van der Waals surface area contributed by atoms with Crippen molar-refractivity contribution in [1.29, 1.82) is 0 Å².